The van der Waals surface area contributed by atoms with Crippen molar-refractivity contribution >= 4 is 40.5 Å². The highest BCUT2D eigenvalue weighted by atomic mass is 35.5. The maximum atomic E-state index is 12.8. The van der Waals surface area contributed by atoms with Gasteiger partial charge in [0.05, 0.1) is 17.4 Å². The van der Waals surface area contributed by atoms with Gasteiger partial charge >= 0.3 is 13.4 Å². The third-order valence-corrected chi connectivity index (χ3v) is 3.84. The smallest absolute Gasteiger partial charge is 0.430 e. The van der Waals surface area contributed by atoms with Crippen molar-refractivity contribution in [3.05, 3.63) is 59.4 Å². The number of rotatable bonds is 3. The number of phenolic OH excluding ortho intramolecular Hbond substituents is 1. The minimum atomic E-state index is -5.19. The number of aliphatic carboxylic acids is 1. The molecule has 32 heavy (non-hydrogen) atoms. The zero-order valence-electron chi connectivity index (χ0n) is 20.4. The number of hydrogen-bond acceptors (Lipinski definition) is 7. The first-order valence-corrected chi connectivity index (χ1v) is 8.68. The number of hydrogen-bond donors (Lipinski definition) is 4. The van der Waals surface area contributed by atoms with Crippen LogP contribution in [0.25, 0.3) is 11.4 Å². The molecule has 0 atom stereocenters. The van der Waals surface area contributed by atoms with E-state index in [0.29, 0.717) is 21.2 Å². The van der Waals surface area contributed by atoms with Crippen molar-refractivity contribution in [2.24, 2.45) is 0 Å². The second kappa shape index (κ2) is 8.93. The number of amides is 1. The van der Waals surface area contributed by atoms with Crippen molar-refractivity contribution in [3.63, 3.8) is 0 Å². The number of carbonyl (C=O) groups excluding carboxylic acids is 2. The number of phenols is 1. The number of carbonyl (C=O) groups is 2. The van der Waals surface area contributed by atoms with E-state index in [4.69, 9.17) is 28.5 Å². The molecule has 10 nitrogen and oxygen atoms in total. The van der Waals surface area contributed by atoms with Crippen LogP contribution in [0.2, 0.25) is 9.26 Å². The molecule has 166 valence electrons. The molecule has 14 heteroatoms. The van der Waals surface area contributed by atoms with Gasteiger partial charge < -0.3 is 25.6 Å². The predicted octanol–water partition coefficient (Wildman–Crippen LogP) is 1.14. The van der Waals surface area contributed by atoms with Gasteiger partial charge in [-0.3, -0.25) is 4.79 Å². The molecule has 0 saturated heterocycles. The van der Waals surface area contributed by atoms with E-state index in [0.717, 1.165) is 5.31 Å². The molecule has 1 aliphatic heterocycles. The first-order valence-electron chi connectivity index (χ1n) is 10.5. The average Bonchev–Trinajstić information content (AvgIpc) is 3.23. The van der Waals surface area contributed by atoms with E-state index in [1.165, 1.54) is 35.0 Å². The maximum absolute atomic E-state index is 12.8. The minimum Gasteiger partial charge on any atom is -0.542 e. The normalized spacial score (nSPS) is 15.9. The van der Waals surface area contributed by atoms with Crippen molar-refractivity contribution < 1.29 is 43.3 Å². The van der Waals surface area contributed by atoms with Crippen molar-refractivity contribution in [3.8, 4) is 11.4 Å². The largest absolute Gasteiger partial charge is 0.542 e. The molecule has 0 unspecified atom stereocenters. The summed E-state index contributed by atoms with van der Waals surface area (Å²) < 4.78 is 72.2. The zero-order chi connectivity index (χ0) is 27.7. The molecule has 0 radical (unpaired) electrons. The number of anilines is 2. The Bertz CT molecular complexity index is 1390. The first-order chi connectivity index (χ1) is 17.3. The van der Waals surface area contributed by atoms with Gasteiger partial charge in [0.15, 0.2) is 8.51 Å². The Labute approximate surface area is 189 Å². The highest BCUT2D eigenvalue weighted by Crippen LogP contribution is 2.28. The van der Waals surface area contributed by atoms with Crippen molar-refractivity contribution in [1.29, 1.82) is 1.43 Å². The van der Waals surface area contributed by atoms with E-state index >= 15 is 0 Å². The number of halogens is 4. The molecule has 0 saturated carbocycles. The molecule has 2 aromatic carbocycles. The van der Waals surface area contributed by atoms with E-state index in [1.54, 1.807) is 12.1 Å². The number of aromatic amines is 1. The van der Waals surface area contributed by atoms with E-state index < -0.39 is 24.1 Å². The number of aromatic hydroxyl groups is 1. The SMILES string of the molecule is O=C([O-])C(F)(F)F.[2H]Oc1ccc(N([2H])C(=O)/C([2H])=C2/c3nn([2H])n[n+]3-c3ccc(Cl)cc3N2[2H])cc1. The lowest BCUT2D eigenvalue weighted by Gasteiger charge is -2.16. The van der Waals surface area contributed by atoms with Crippen LogP contribution in [-0.4, -0.2) is 40.1 Å². The third kappa shape index (κ3) is 5.31. The monoisotopic (exact) mass is 473 g/mol. The molecule has 2 heterocycles. The van der Waals surface area contributed by atoms with Gasteiger partial charge in [0.2, 0.25) is 0 Å². The number of alkyl halides is 3. The Morgan fingerprint density at radius 2 is 2.03 bits per heavy atom. The van der Waals surface area contributed by atoms with Crippen LogP contribution in [-0.2, 0) is 9.59 Å². The van der Waals surface area contributed by atoms with E-state index in [2.05, 4.69) is 15.4 Å². The van der Waals surface area contributed by atoms with Crippen LogP contribution < -0.4 is 20.4 Å². The average molecular weight is 474 g/mol. The molecule has 1 aliphatic rings. The number of carboxylic acids is 1. The summed E-state index contributed by atoms with van der Waals surface area (Å²) in [5.41, 5.74) is 0.470. The number of fused-ring (bicyclic) bond motifs is 3. The Hall–Kier alpha value is -4.13. The fraction of sp³-hybridized carbons (Fsp3) is 0.0556. The van der Waals surface area contributed by atoms with E-state index in [-0.39, 0.29) is 28.6 Å². The molecule has 4 rings (SSSR count). The molecule has 3 aromatic rings. The fourth-order valence-electron chi connectivity index (χ4n) is 2.28. The van der Waals surface area contributed by atoms with Crippen LogP contribution >= 0.6 is 11.6 Å². The highest BCUT2D eigenvalue weighted by Gasteiger charge is 2.30. The topological polar surface area (TPSA) is 147 Å². The van der Waals surface area contributed by atoms with Crippen LogP contribution in [0.3, 0.4) is 0 Å². The summed E-state index contributed by atoms with van der Waals surface area (Å²) in [5, 5.41) is 22.9. The number of nitrogens with one attached hydrogen (secondary N) is 3. The molecule has 0 fully saturated rings. The van der Waals surface area contributed by atoms with Crippen LogP contribution in [0, 0.1) is 0 Å². The fourth-order valence-corrected chi connectivity index (χ4v) is 2.45. The van der Waals surface area contributed by atoms with Crippen LogP contribution in [0.1, 0.15) is 7.20 Å². The quantitative estimate of drug-likeness (QED) is 0.253. The van der Waals surface area contributed by atoms with Crippen LogP contribution in [0.4, 0.5) is 24.5 Å². The third-order valence-electron chi connectivity index (χ3n) is 3.60. The molecule has 0 bridgehead atoms. The highest BCUT2D eigenvalue weighted by molar-refractivity contribution is 6.31. The molecular formula is C18H12ClF3N6O4. The van der Waals surface area contributed by atoms with Gasteiger partial charge in [0, 0.05) is 16.8 Å². The van der Waals surface area contributed by atoms with Crippen molar-refractivity contribution in [2.75, 3.05) is 10.6 Å². The van der Waals surface area contributed by atoms with E-state index in [9.17, 15) is 18.0 Å². The Kier molecular flexibility index (Phi) is 4.62. The van der Waals surface area contributed by atoms with Gasteiger partial charge in [-0.25, -0.2) is 0 Å². The summed E-state index contributed by atoms with van der Waals surface area (Å²) in [6, 6.07) is 9.44. The number of benzene rings is 2. The number of nitrogens with zero attached hydrogens (tertiary/aromatic N) is 3. The van der Waals surface area contributed by atoms with Gasteiger partial charge in [0.25, 0.3) is 7.34 Å². The second-order valence-corrected chi connectivity index (χ2v) is 6.27. The minimum absolute atomic E-state index is 0.0838. The lowest BCUT2D eigenvalue weighted by molar-refractivity contribution is -0.662. The Balaban J connectivity index is 0.000000479. The van der Waals surface area contributed by atoms with Crippen LogP contribution in [0.15, 0.2) is 48.5 Å². The lowest BCUT2D eigenvalue weighted by Crippen LogP contribution is -2.41. The zero-order valence-corrected chi connectivity index (χ0v) is 16.1. The van der Waals surface area contributed by atoms with Gasteiger partial charge in [0.1, 0.15) is 17.4 Å². The molecule has 1 amide bonds. The summed E-state index contributed by atoms with van der Waals surface area (Å²) in [5.74, 6) is -3.92. The van der Waals surface area contributed by atoms with Crippen molar-refractivity contribution in [1.82, 2.24) is 15.5 Å². The molecule has 4 N–H and O–H groups in total. The van der Waals surface area contributed by atoms with Gasteiger partial charge in [-0.2, -0.15) is 13.2 Å². The summed E-state index contributed by atoms with van der Waals surface area (Å²) in [6.07, 6.45) is -5.19. The summed E-state index contributed by atoms with van der Waals surface area (Å²) in [7, 11) is 0. The van der Waals surface area contributed by atoms with E-state index in [1.807, 2.05) is 0 Å². The van der Waals surface area contributed by atoms with Crippen LogP contribution in [0.5, 0.6) is 5.75 Å². The first kappa shape index (κ1) is 16.5. The maximum Gasteiger partial charge on any atom is 0.430 e. The standard InChI is InChI=1S/C16H11ClN6O2.C2HF3O2/c17-9-1-6-14-12(7-9)19-13(16-20-21-22-23(14)16)8-15(25)18-10-2-4-11(24)5-3-10;3-2(4,5)1(6)7/h1-8H,(H3,18,19,20,21,22,24,25);(H,6,7)/i8D;/hD4. The number of H-pyrrole nitrogens is 1. The molecule has 0 aliphatic carbocycles. The second-order valence-electron chi connectivity index (χ2n) is 5.83. The summed E-state index contributed by atoms with van der Waals surface area (Å²) in [4.78, 5) is 21.6. The summed E-state index contributed by atoms with van der Waals surface area (Å²) in [6.45, 7) is 0. The molecule has 1 aromatic heterocycles. The number of aromatic nitrogens is 4. The van der Waals surface area contributed by atoms with Crippen molar-refractivity contribution in [2.45, 2.75) is 6.18 Å². The van der Waals surface area contributed by atoms with Gasteiger partial charge in [-0.15, -0.1) is 0 Å². The molecular weight excluding hydrogens is 457 g/mol. The van der Waals surface area contributed by atoms with Gasteiger partial charge in [-0.1, -0.05) is 16.3 Å². The number of carboxylic acid groups (broad SMARTS) is 1. The Morgan fingerprint density at radius 1 is 1.34 bits per heavy atom. The Morgan fingerprint density at radius 3 is 2.66 bits per heavy atom. The van der Waals surface area contributed by atoms with Gasteiger partial charge in [-0.05, 0) is 47.7 Å². The number of tetrazole rings is 1. The lowest BCUT2D eigenvalue weighted by atomic mass is 10.2. The molecule has 0 spiro atoms. The predicted molar refractivity (Wildman–Crippen MR) is 102 cm³/mol. The summed E-state index contributed by atoms with van der Waals surface area (Å²) >= 11 is 6.03.